The van der Waals surface area contributed by atoms with Crippen LogP contribution in [0.2, 0.25) is 0 Å². The number of carbonyl (C=O) groups is 2. The van der Waals surface area contributed by atoms with Crippen LogP contribution in [0.5, 0.6) is 5.75 Å². The van der Waals surface area contributed by atoms with Gasteiger partial charge >= 0.3 is 0 Å². The summed E-state index contributed by atoms with van der Waals surface area (Å²) in [6.45, 7) is 12.6. The molecule has 170 valence electrons. The highest BCUT2D eigenvalue weighted by Gasteiger charge is 2.19. The van der Waals surface area contributed by atoms with E-state index in [1.165, 1.54) is 16.5 Å². The van der Waals surface area contributed by atoms with Crippen LogP contribution in [0.4, 0.5) is 0 Å². The minimum atomic E-state index is -0.121. The zero-order chi connectivity index (χ0) is 24.1. The molecular weight excluding hydrogens is 388 g/mol. The van der Waals surface area contributed by atoms with Gasteiger partial charge in [0.2, 0.25) is 0 Å². The first kappa shape index (κ1) is 26.2. The van der Waals surface area contributed by atoms with Gasteiger partial charge in [-0.05, 0) is 46.2 Å². The summed E-state index contributed by atoms with van der Waals surface area (Å²) in [5, 5.41) is 9.89. The van der Waals surface area contributed by atoms with Crippen LogP contribution in [0.1, 0.15) is 73.4 Å². The second kappa shape index (κ2) is 9.99. The first-order chi connectivity index (χ1) is 14.1. The number of carbonyl (C=O) groups excluding carboxylic acids is 2. The maximum absolute atomic E-state index is 11.7. The first-order valence-corrected chi connectivity index (χ1v) is 10.4. The molecule has 2 amide bonds. The topological polar surface area (TPSA) is 60.9 Å². The average Bonchev–Trinajstić information content (AvgIpc) is 2.65. The van der Waals surface area contributed by atoms with Gasteiger partial charge in [0.1, 0.15) is 5.75 Å². The van der Waals surface area contributed by atoms with E-state index in [4.69, 9.17) is 0 Å². The SMILES string of the molecule is CN(C)C(=O)c1ccc(C(C)(C)C)c(O)c1.CN(C)C(=O)c1ccc(C(C)(C)C)cc1. The Labute approximate surface area is 187 Å². The molecule has 1 N–H and O–H groups in total. The zero-order valence-corrected chi connectivity index (χ0v) is 20.7. The fraction of sp³-hybridized carbons (Fsp3) is 0.462. The van der Waals surface area contributed by atoms with Crippen molar-refractivity contribution in [2.24, 2.45) is 0 Å². The molecule has 0 atom stereocenters. The zero-order valence-electron chi connectivity index (χ0n) is 20.7. The van der Waals surface area contributed by atoms with Crippen LogP contribution in [-0.4, -0.2) is 54.9 Å². The molecule has 0 saturated carbocycles. The number of phenolic OH excluding ortho intramolecular Hbond substituents is 1. The molecule has 0 aliphatic rings. The summed E-state index contributed by atoms with van der Waals surface area (Å²) in [7, 11) is 6.91. The van der Waals surface area contributed by atoms with Crippen LogP contribution < -0.4 is 0 Å². The van der Waals surface area contributed by atoms with E-state index in [2.05, 4.69) is 20.8 Å². The van der Waals surface area contributed by atoms with Crippen molar-refractivity contribution in [3.8, 4) is 5.75 Å². The molecule has 0 aliphatic heterocycles. The summed E-state index contributed by atoms with van der Waals surface area (Å²) < 4.78 is 0. The van der Waals surface area contributed by atoms with E-state index in [1.54, 1.807) is 39.2 Å². The molecule has 0 aliphatic carbocycles. The fourth-order valence-corrected chi connectivity index (χ4v) is 2.93. The van der Waals surface area contributed by atoms with Crippen molar-refractivity contribution in [2.75, 3.05) is 28.2 Å². The van der Waals surface area contributed by atoms with Crippen LogP contribution >= 0.6 is 0 Å². The summed E-state index contributed by atoms with van der Waals surface area (Å²) in [4.78, 5) is 26.4. The Bertz CT molecular complexity index is 900. The summed E-state index contributed by atoms with van der Waals surface area (Å²) >= 11 is 0. The van der Waals surface area contributed by atoms with Gasteiger partial charge in [-0.15, -0.1) is 0 Å². The Morgan fingerprint density at radius 3 is 1.45 bits per heavy atom. The smallest absolute Gasteiger partial charge is 0.253 e. The van der Waals surface area contributed by atoms with Crippen molar-refractivity contribution < 1.29 is 14.7 Å². The summed E-state index contributed by atoms with van der Waals surface area (Å²) in [5.41, 5.74) is 3.37. The highest BCUT2D eigenvalue weighted by Crippen LogP contribution is 2.31. The van der Waals surface area contributed by atoms with Gasteiger partial charge in [-0.25, -0.2) is 0 Å². The van der Waals surface area contributed by atoms with Crippen molar-refractivity contribution in [3.05, 3.63) is 64.7 Å². The maximum Gasteiger partial charge on any atom is 0.253 e. The van der Waals surface area contributed by atoms with Crippen LogP contribution in [0, 0.1) is 0 Å². The molecule has 2 aromatic rings. The van der Waals surface area contributed by atoms with Crippen molar-refractivity contribution in [3.63, 3.8) is 0 Å². The lowest BCUT2D eigenvalue weighted by Crippen LogP contribution is -2.22. The predicted molar refractivity (Wildman–Crippen MR) is 128 cm³/mol. The first-order valence-electron chi connectivity index (χ1n) is 10.4. The Morgan fingerprint density at radius 1 is 0.677 bits per heavy atom. The summed E-state index contributed by atoms with van der Waals surface area (Å²) in [6, 6.07) is 12.9. The van der Waals surface area contributed by atoms with E-state index in [0.717, 1.165) is 11.1 Å². The van der Waals surface area contributed by atoms with E-state index in [-0.39, 0.29) is 28.4 Å². The third kappa shape index (κ3) is 7.42. The third-order valence-electron chi connectivity index (χ3n) is 4.86. The fourth-order valence-electron chi connectivity index (χ4n) is 2.93. The normalized spacial score (nSPS) is 11.3. The average molecular weight is 427 g/mol. The molecule has 0 radical (unpaired) electrons. The van der Waals surface area contributed by atoms with Gasteiger partial charge < -0.3 is 14.9 Å². The van der Waals surface area contributed by atoms with Crippen molar-refractivity contribution >= 4 is 11.8 Å². The van der Waals surface area contributed by atoms with Crippen LogP contribution in [0.25, 0.3) is 0 Å². The largest absolute Gasteiger partial charge is 0.508 e. The molecule has 2 rings (SSSR count). The lowest BCUT2D eigenvalue weighted by atomic mass is 9.86. The lowest BCUT2D eigenvalue weighted by molar-refractivity contribution is 0.0820. The number of hydrogen-bond acceptors (Lipinski definition) is 3. The Kier molecular flexibility index (Phi) is 8.45. The molecule has 5 nitrogen and oxygen atoms in total. The second-order valence-corrected chi connectivity index (χ2v) is 10.2. The molecule has 0 fully saturated rings. The lowest BCUT2D eigenvalue weighted by Gasteiger charge is -2.21. The van der Waals surface area contributed by atoms with E-state index >= 15 is 0 Å². The molecule has 5 heteroatoms. The molecule has 0 unspecified atom stereocenters. The number of nitrogens with zero attached hydrogens (tertiary/aromatic N) is 2. The molecule has 31 heavy (non-hydrogen) atoms. The van der Waals surface area contributed by atoms with Crippen LogP contribution in [0.3, 0.4) is 0 Å². The van der Waals surface area contributed by atoms with Gasteiger partial charge in [-0.2, -0.15) is 0 Å². The number of aromatic hydroxyl groups is 1. The number of phenols is 1. The van der Waals surface area contributed by atoms with Crippen molar-refractivity contribution in [1.29, 1.82) is 0 Å². The molecule has 0 bridgehead atoms. The van der Waals surface area contributed by atoms with Crippen LogP contribution in [0.15, 0.2) is 42.5 Å². The molecular formula is C26H38N2O3. The standard InChI is InChI=1S/C13H19NO2.C13H19NO/c1-13(2,3)10-7-6-9(8-11(10)15)12(16)14(4)5;1-13(2,3)11-8-6-10(7-9-11)12(15)14(4)5/h6-8,15H,1-5H3;6-9H,1-5H3. The van der Waals surface area contributed by atoms with Gasteiger partial charge in [0.25, 0.3) is 11.8 Å². The molecule has 0 saturated heterocycles. The van der Waals surface area contributed by atoms with E-state index in [0.29, 0.717) is 5.56 Å². The molecule has 0 heterocycles. The number of hydrogen-bond donors (Lipinski definition) is 1. The van der Waals surface area contributed by atoms with Crippen LogP contribution in [-0.2, 0) is 10.8 Å². The Balaban J connectivity index is 0.000000311. The Hall–Kier alpha value is -2.82. The maximum atomic E-state index is 11.7. The van der Waals surface area contributed by atoms with Crippen molar-refractivity contribution in [2.45, 2.75) is 52.4 Å². The quantitative estimate of drug-likeness (QED) is 0.729. The van der Waals surface area contributed by atoms with Gasteiger partial charge in [-0.3, -0.25) is 9.59 Å². The van der Waals surface area contributed by atoms with Gasteiger partial charge in [0, 0.05) is 39.3 Å². The Morgan fingerprint density at radius 2 is 1.10 bits per heavy atom. The number of rotatable bonds is 2. The summed E-state index contributed by atoms with van der Waals surface area (Å²) in [6.07, 6.45) is 0. The van der Waals surface area contributed by atoms with E-state index < -0.39 is 0 Å². The minimum Gasteiger partial charge on any atom is -0.508 e. The van der Waals surface area contributed by atoms with Crippen molar-refractivity contribution in [1.82, 2.24) is 9.80 Å². The highest BCUT2D eigenvalue weighted by molar-refractivity contribution is 5.94. The molecule has 0 aromatic heterocycles. The van der Waals surface area contributed by atoms with Gasteiger partial charge in [0.15, 0.2) is 0 Å². The highest BCUT2D eigenvalue weighted by atomic mass is 16.3. The molecule has 2 aromatic carbocycles. The monoisotopic (exact) mass is 426 g/mol. The van der Waals surface area contributed by atoms with Gasteiger partial charge in [-0.1, -0.05) is 59.7 Å². The number of amides is 2. The van der Waals surface area contributed by atoms with E-state index in [1.807, 2.05) is 51.1 Å². The molecule has 0 spiro atoms. The number of benzene rings is 2. The second-order valence-electron chi connectivity index (χ2n) is 10.2. The van der Waals surface area contributed by atoms with E-state index in [9.17, 15) is 14.7 Å². The summed E-state index contributed by atoms with van der Waals surface area (Å²) in [5.74, 6) is 0.131. The third-order valence-corrected chi connectivity index (χ3v) is 4.86. The van der Waals surface area contributed by atoms with Gasteiger partial charge in [0.05, 0.1) is 0 Å². The minimum absolute atomic E-state index is 0.0514. The predicted octanol–water partition coefficient (Wildman–Crippen LogP) is 5.08.